The Hall–Kier alpha value is -2.08. The molecule has 0 aliphatic carbocycles. The molecule has 4 N–H and O–H groups in total. The third kappa shape index (κ3) is 4.89. The Bertz CT molecular complexity index is 475. The summed E-state index contributed by atoms with van der Waals surface area (Å²) in [6.45, 7) is 2.23. The molecule has 6 nitrogen and oxygen atoms in total. The highest BCUT2D eigenvalue weighted by Gasteiger charge is 2.10. The molecule has 0 bridgehead atoms. The lowest BCUT2D eigenvalue weighted by atomic mass is 10.2. The standard InChI is InChI=1S/C14H21N3O3/c1-3-13(18)16-11-7-6-10(20-2)9-12(11)17-14(19)5-4-8-15/h6-7,9H,3-5,8,15H2,1-2H3,(H,16,18)(H,17,19). The number of carbonyl (C=O) groups is 2. The zero-order chi connectivity index (χ0) is 15.0. The summed E-state index contributed by atoms with van der Waals surface area (Å²) in [7, 11) is 1.54. The fourth-order valence-electron chi connectivity index (χ4n) is 1.58. The van der Waals surface area contributed by atoms with Gasteiger partial charge in [0.25, 0.3) is 0 Å². The van der Waals surface area contributed by atoms with E-state index >= 15 is 0 Å². The van der Waals surface area contributed by atoms with E-state index < -0.39 is 0 Å². The lowest BCUT2D eigenvalue weighted by Crippen LogP contribution is -2.16. The van der Waals surface area contributed by atoms with Crippen LogP contribution in [0.1, 0.15) is 26.2 Å². The molecule has 0 aliphatic heterocycles. The number of nitrogens with two attached hydrogens (primary N) is 1. The van der Waals surface area contributed by atoms with Gasteiger partial charge in [0.05, 0.1) is 18.5 Å². The number of ether oxygens (including phenoxy) is 1. The van der Waals surface area contributed by atoms with Crippen LogP contribution >= 0.6 is 0 Å². The predicted octanol–water partition coefficient (Wildman–Crippen LogP) is 1.72. The van der Waals surface area contributed by atoms with Gasteiger partial charge in [-0.05, 0) is 25.1 Å². The van der Waals surface area contributed by atoms with E-state index in [2.05, 4.69) is 10.6 Å². The Balaban J connectivity index is 2.88. The second-order valence-electron chi connectivity index (χ2n) is 4.25. The SMILES string of the molecule is CCC(=O)Nc1ccc(OC)cc1NC(=O)CCCN. The molecule has 20 heavy (non-hydrogen) atoms. The van der Waals surface area contributed by atoms with Gasteiger partial charge in [-0.3, -0.25) is 9.59 Å². The van der Waals surface area contributed by atoms with Crippen LogP contribution in [0.2, 0.25) is 0 Å². The summed E-state index contributed by atoms with van der Waals surface area (Å²) in [6, 6.07) is 5.09. The van der Waals surface area contributed by atoms with Gasteiger partial charge < -0.3 is 21.1 Å². The van der Waals surface area contributed by atoms with E-state index in [1.54, 1.807) is 32.2 Å². The van der Waals surface area contributed by atoms with Gasteiger partial charge in [-0.15, -0.1) is 0 Å². The predicted molar refractivity (Wildman–Crippen MR) is 78.8 cm³/mol. The van der Waals surface area contributed by atoms with E-state index in [0.29, 0.717) is 42.9 Å². The van der Waals surface area contributed by atoms with Gasteiger partial charge >= 0.3 is 0 Å². The van der Waals surface area contributed by atoms with E-state index in [1.807, 2.05) is 0 Å². The number of hydrogen-bond acceptors (Lipinski definition) is 4. The van der Waals surface area contributed by atoms with Crippen LogP contribution in [-0.4, -0.2) is 25.5 Å². The monoisotopic (exact) mass is 279 g/mol. The maximum atomic E-state index is 11.8. The van der Waals surface area contributed by atoms with Crippen molar-refractivity contribution in [3.05, 3.63) is 18.2 Å². The van der Waals surface area contributed by atoms with Crippen molar-refractivity contribution in [3.63, 3.8) is 0 Å². The summed E-state index contributed by atoms with van der Waals surface area (Å²) in [5.41, 5.74) is 6.45. The Morgan fingerprint density at radius 2 is 1.90 bits per heavy atom. The van der Waals surface area contributed by atoms with Crippen molar-refractivity contribution in [2.45, 2.75) is 26.2 Å². The molecule has 0 heterocycles. The largest absolute Gasteiger partial charge is 0.497 e. The molecule has 6 heteroatoms. The number of hydrogen-bond donors (Lipinski definition) is 3. The molecule has 1 aromatic rings. The topological polar surface area (TPSA) is 93.5 Å². The molecule has 0 atom stereocenters. The van der Waals surface area contributed by atoms with E-state index in [4.69, 9.17) is 10.5 Å². The maximum Gasteiger partial charge on any atom is 0.224 e. The molecular formula is C14H21N3O3. The molecule has 0 aliphatic rings. The third-order valence-electron chi connectivity index (χ3n) is 2.70. The number of benzene rings is 1. The quantitative estimate of drug-likeness (QED) is 0.708. The van der Waals surface area contributed by atoms with E-state index in [0.717, 1.165) is 0 Å². The Morgan fingerprint density at radius 3 is 2.50 bits per heavy atom. The number of anilines is 2. The van der Waals surface area contributed by atoms with Crippen LogP contribution in [0.15, 0.2) is 18.2 Å². The van der Waals surface area contributed by atoms with Crippen LogP contribution in [0, 0.1) is 0 Å². The Labute approximate surface area is 118 Å². The van der Waals surface area contributed by atoms with Crippen molar-refractivity contribution in [1.82, 2.24) is 0 Å². The summed E-state index contributed by atoms with van der Waals surface area (Å²) >= 11 is 0. The Morgan fingerprint density at radius 1 is 1.20 bits per heavy atom. The van der Waals surface area contributed by atoms with Gasteiger partial charge in [-0.1, -0.05) is 6.92 Å². The smallest absolute Gasteiger partial charge is 0.224 e. The molecule has 0 aromatic heterocycles. The zero-order valence-corrected chi connectivity index (χ0v) is 11.9. The first kappa shape index (κ1) is 16.0. The van der Waals surface area contributed by atoms with Gasteiger partial charge in [-0.2, -0.15) is 0 Å². The minimum atomic E-state index is -0.143. The van der Waals surface area contributed by atoms with Crippen LogP contribution in [0.5, 0.6) is 5.75 Å². The number of nitrogens with one attached hydrogen (secondary N) is 2. The summed E-state index contributed by atoms with van der Waals surface area (Å²) < 4.78 is 5.12. The van der Waals surface area contributed by atoms with Crippen molar-refractivity contribution in [3.8, 4) is 5.75 Å². The first-order valence-corrected chi connectivity index (χ1v) is 6.58. The van der Waals surface area contributed by atoms with Gasteiger partial charge in [0, 0.05) is 18.9 Å². The number of rotatable bonds is 7. The minimum Gasteiger partial charge on any atom is -0.497 e. The summed E-state index contributed by atoms with van der Waals surface area (Å²) in [4.78, 5) is 23.2. The van der Waals surface area contributed by atoms with Gasteiger partial charge in [0.2, 0.25) is 11.8 Å². The van der Waals surface area contributed by atoms with Crippen LogP contribution in [0.3, 0.4) is 0 Å². The average Bonchev–Trinajstić information content (AvgIpc) is 2.46. The molecule has 0 saturated carbocycles. The molecule has 0 saturated heterocycles. The second kappa shape index (κ2) is 8.16. The molecular weight excluding hydrogens is 258 g/mol. The zero-order valence-electron chi connectivity index (χ0n) is 11.9. The highest BCUT2D eigenvalue weighted by molar-refractivity contribution is 5.99. The van der Waals surface area contributed by atoms with Gasteiger partial charge in [0.15, 0.2) is 0 Å². The Kier molecular flexibility index (Phi) is 6.52. The van der Waals surface area contributed by atoms with Crippen molar-refractivity contribution in [1.29, 1.82) is 0 Å². The third-order valence-corrected chi connectivity index (χ3v) is 2.70. The van der Waals surface area contributed by atoms with Gasteiger partial charge in [0.1, 0.15) is 5.75 Å². The summed E-state index contributed by atoms with van der Waals surface area (Å²) in [5, 5.41) is 5.50. The molecule has 0 radical (unpaired) electrons. The van der Waals surface area contributed by atoms with Gasteiger partial charge in [-0.25, -0.2) is 0 Å². The van der Waals surface area contributed by atoms with Crippen LogP contribution in [0.4, 0.5) is 11.4 Å². The molecule has 1 rings (SSSR count). The van der Waals surface area contributed by atoms with Crippen LogP contribution in [-0.2, 0) is 9.59 Å². The lowest BCUT2D eigenvalue weighted by molar-refractivity contribution is -0.117. The number of carbonyl (C=O) groups excluding carboxylic acids is 2. The van der Waals surface area contributed by atoms with E-state index in [1.165, 1.54) is 0 Å². The average molecular weight is 279 g/mol. The molecule has 2 amide bonds. The van der Waals surface area contributed by atoms with E-state index in [9.17, 15) is 9.59 Å². The first-order chi connectivity index (χ1) is 9.60. The van der Waals surface area contributed by atoms with Crippen molar-refractivity contribution < 1.29 is 14.3 Å². The maximum absolute atomic E-state index is 11.8. The molecule has 1 aromatic carbocycles. The lowest BCUT2D eigenvalue weighted by Gasteiger charge is -2.13. The minimum absolute atomic E-state index is 0.118. The second-order valence-corrected chi connectivity index (χ2v) is 4.25. The van der Waals surface area contributed by atoms with Crippen LogP contribution in [0.25, 0.3) is 0 Å². The van der Waals surface area contributed by atoms with Crippen molar-refractivity contribution in [2.75, 3.05) is 24.3 Å². The highest BCUT2D eigenvalue weighted by Crippen LogP contribution is 2.27. The highest BCUT2D eigenvalue weighted by atomic mass is 16.5. The molecule has 110 valence electrons. The first-order valence-electron chi connectivity index (χ1n) is 6.58. The summed E-state index contributed by atoms with van der Waals surface area (Å²) in [5.74, 6) is 0.344. The molecule has 0 spiro atoms. The normalized spacial score (nSPS) is 9.95. The van der Waals surface area contributed by atoms with E-state index in [-0.39, 0.29) is 11.8 Å². The molecule has 0 unspecified atom stereocenters. The summed E-state index contributed by atoms with van der Waals surface area (Å²) in [6.07, 6.45) is 1.33. The molecule has 0 fully saturated rings. The van der Waals surface area contributed by atoms with Crippen LogP contribution < -0.4 is 21.1 Å². The van der Waals surface area contributed by atoms with Crippen molar-refractivity contribution in [2.24, 2.45) is 5.73 Å². The van der Waals surface area contributed by atoms with Crippen molar-refractivity contribution >= 4 is 23.2 Å². The number of amides is 2. The number of methoxy groups -OCH3 is 1. The fraction of sp³-hybridized carbons (Fsp3) is 0.429. The fourth-order valence-corrected chi connectivity index (χ4v) is 1.58.